The van der Waals surface area contributed by atoms with Gasteiger partial charge in [0, 0.05) is 23.8 Å². The minimum Gasteiger partial charge on any atom is -0.486 e. The van der Waals surface area contributed by atoms with E-state index in [1.807, 2.05) is 0 Å². The van der Waals surface area contributed by atoms with E-state index in [0.717, 1.165) is 6.07 Å². The molecule has 0 unspecified atom stereocenters. The van der Waals surface area contributed by atoms with Gasteiger partial charge >= 0.3 is 5.69 Å². The van der Waals surface area contributed by atoms with Gasteiger partial charge in [-0.25, -0.2) is 8.42 Å². The molecule has 0 aliphatic rings. The summed E-state index contributed by atoms with van der Waals surface area (Å²) in [7, 11) is 2.57. The fourth-order valence-electron chi connectivity index (χ4n) is 1.55. The van der Waals surface area contributed by atoms with Gasteiger partial charge in [-0.2, -0.15) is 0 Å². The maximum absolute atomic E-state index is 11.3. The number of carbonyl (C=O) groups excluding carboxylic acids is 1. The second-order valence-electron chi connectivity index (χ2n) is 4.05. The number of nitrogens with zero attached hydrogens (tertiary/aromatic N) is 1. The second kappa shape index (κ2) is 6.72. The van der Waals surface area contributed by atoms with Gasteiger partial charge in [-0.1, -0.05) is 0 Å². The van der Waals surface area contributed by atoms with Crippen molar-refractivity contribution >= 4 is 31.3 Å². The van der Waals surface area contributed by atoms with E-state index in [0.29, 0.717) is 0 Å². The van der Waals surface area contributed by atoms with Gasteiger partial charge in [0.1, 0.15) is 0 Å². The van der Waals surface area contributed by atoms with E-state index in [9.17, 15) is 23.3 Å². The summed E-state index contributed by atoms with van der Waals surface area (Å²) in [5.41, 5.74) is -0.317. The van der Waals surface area contributed by atoms with E-state index in [1.54, 1.807) is 0 Å². The number of hydrogen-bond acceptors (Lipinski definition) is 6. The molecule has 0 spiro atoms. The number of nitro benzene ring substituents is 1. The number of nitro groups is 1. The summed E-state index contributed by atoms with van der Waals surface area (Å²) in [4.78, 5) is 20.9. The summed E-state index contributed by atoms with van der Waals surface area (Å²) in [6, 6.07) is 2.05. The molecule has 0 aromatic heterocycles. The van der Waals surface area contributed by atoms with Crippen LogP contribution in [0.5, 0.6) is 5.75 Å². The van der Waals surface area contributed by atoms with Crippen LogP contribution in [0.1, 0.15) is 12.0 Å². The van der Waals surface area contributed by atoms with Crippen molar-refractivity contribution in [3.8, 4) is 5.75 Å². The molecule has 21 heavy (non-hydrogen) atoms. The Morgan fingerprint density at radius 1 is 1.48 bits per heavy atom. The monoisotopic (exact) mass is 336 g/mol. The molecule has 1 rings (SSSR count). The van der Waals surface area contributed by atoms with E-state index >= 15 is 0 Å². The molecule has 0 atom stereocenters. The number of nitrogens with one attached hydrogen (secondary N) is 1. The highest BCUT2D eigenvalue weighted by Crippen LogP contribution is 2.33. The van der Waals surface area contributed by atoms with Crippen molar-refractivity contribution in [2.24, 2.45) is 0 Å². The van der Waals surface area contributed by atoms with Crippen molar-refractivity contribution in [1.29, 1.82) is 0 Å². The molecule has 1 N–H and O–H groups in total. The van der Waals surface area contributed by atoms with Crippen LogP contribution in [0.15, 0.2) is 17.0 Å². The van der Waals surface area contributed by atoms with Crippen molar-refractivity contribution in [3.05, 3.63) is 27.8 Å². The lowest BCUT2D eigenvalue weighted by atomic mass is 10.2. The van der Waals surface area contributed by atoms with Crippen molar-refractivity contribution in [2.45, 2.75) is 18.2 Å². The lowest BCUT2D eigenvalue weighted by Gasteiger charge is -2.09. The van der Waals surface area contributed by atoms with Crippen LogP contribution in [-0.2, 0) is 13.8 Å². The Bertz CT molecular complexity index is 674. The molecule has 10 heteroatoms. The van der Waals surface area contributed by atoms with Crippen LogP contribution in [-0.4, -0.2) is 32.9 Å². The number of rotatable bonds is 6. The number of benzene rings is 1. The van der Waals surface area contributed by atoms with Gasteiger partial charge in [-0.3, -0.25) is 14.9 Å². The molecule has 0 saturated heterocycles. The van der Waals surface area contributed by atoms with E-state index in [-0.39, 0.29) is 35.1 Å². The van der Waals surface area contributed by atoms with Gasteiger partial charge in [0.15, 0.2) is 5.75 Å². The predicted molar refractivity (Wildman–Crippen MR) is 75.1 cm³/mol. The molecule has 1 aromatic rings. The van der Waals surface area contributed by atoms with Gasteiger partial charge < -0.3 is 10.1 Å². The van der Waals surface area contributed by atoms with Gasteiger partial charge in [0.2, 0.25) is 5.91 Å². The average Bonchev–Trinajstić information content (AvgIpc) is 2.36. The summed E-state index contributed by atoms with van der Waals surface area (Å²) in [5.74, 6) is -0.403. The molecule has 0 aliphatic heterocycles. The molecule has 1 amide bonds. The Kier molecular flexibility index (Phi) is 5.50. The Labute approximate surface area is 125 Å². The molecule has 0 bridgehead atoms. The molecule has 0 fully saturated rings. The first-order chi connectivity index (χ1) is 9.66. The Hall–Kier alpha value is -1.87. The Morgan fingerprint density at radius 3 is 2.57 bits per heavy atom. The average molecular weight is 337 g/mol. The van der Waals surface area contributed by atoms with Gasteiger partial charge in [0.25, 0.3) is 9.05 Å². The van der Waals surface area contributed by atoms with E-state index in [4.69, 9.17) is 15.4 Å². The maximum Gasteiger partial charge on any atom is 0.312 e. The number of hydrogen-bond donors (Lipinski definition) is 1. The van der Waals surface area contributed by atoms with Crippen LogP contribution in [0.4, 0.5) is 5.69 Å². The first kappa shape index (κ1) is 17.2. The predicted octanol–water partition coefficient (Wildman–Crippen LogP) is 1.35. The third-order valence-corrected chi connectivity index (χ3v) is 4.05. The summed E-state index contributed by atoms with van der Waals surface area (Å²) in [6.07, 6.45) is 0.0161. The largest absolute Gasteiger partial charge is 0.486 e. The van der Waals surface area contributed by atoms with Crippen LogP contribution in [0.3, 0.4) is 0 Å². The molecule has 0 saturated carbocycles. The number of carbonyl (C=O) groups is 1. The summed E-state index contributed by atoms with van der Waals surface area (Å²) in [5, 5.41) is 13.4. The molecule has 1 aromatic carbocycles. The van der Waals surface area contributed by atoms with Crippen molar-refractivity contribution in [1.82, 2.24) is 5.32 Å². The lowest BCUT2D eigenvalue weighted by Crippen LogP contribution is -2.20. The molecular formula is C11H13ClN2O6S. The van der Waals surface area contributed by atoms with Gasteiger partial charge in [-0.05, 0) is 18.6 Å². The Morgan fingerprint density at radius 2 is 2.10 bits per heavy atom. The highest BCUT2D eigenvalue weighted by molar-refractivity contribution is 8.13. The molecule has 0 radical (unpaired) electrons. The van der Waals surface area contributed by atoms with Gasteiger partial charge in [-0.15, -0.1) is 0 Å². The fourth-order valence-corrected chi connectivity index (χ4v) is 2.75. The van der Waals surface area contributed by atoms with E-state index < -0.39 is 19.7 Å². The highest BCUT2D eigenvalue weighted by atomic mass is 35.7. The van der Waals surface area contributed by atoms with Crippen LogP contribution < -0.4 is 10.1 Å². The third kappa shape index (κ3) is 4.57. The zero-order chi connectivity index (χ0) is 16.2. The second-order valence-corrected chi connectivity index (χ2v) is 6.59. The third-order valence-electron chi connectivity index (χ3n) is 2.58. The topological polar surface area (TPSA) is 116 Å². The molecule has 0 aliphatic carbocycles. The van der Waals surface area contributed by atoms with Crippen molar-refractivity contribution in [3.63, 3.8) is 0 Å². The number of ether oxygens (including phenoxy) is 1. The first-order valence-corrected chi connectivity index (χ1v) is 8.05. The molecular weight excluding hydrogens is 324 g/mol. The smallest absolute Gasteiger partial charge is 0.312 e. The standard InChI is InChI=1S/C11H13ClN2O6S/c1-7-5-9(20-4-3-11(15)13-2)8(14(16)17)6-10(7)21(12,18)19/h5-6H,3-4H2,1-2H3,(H,13,15). The van der Waals surface area contributed by atoms with Crippen LogP contribution >= 0.6 is 10.7 Å². The van der Waals surface area contributed by atoms with Crippen LogP contribution in [0, 0.1) is 17.0 Å². The lowest BCUT2D eigenvalue weighted by molar-refractivity contribution is -0.386. The quantitative estimate of drug-likeness (QED) is 0.476. The van der Waals surface area contributed by atoms with Crippen molar-refractivity contribution in [2.75, 3.05) is 13.7 Å². The minimum atomic E-state index is -4.10. The summed E-state index contributed by atoms with van der Waals surface area (Å²) < 4.78 is 27.8. The normalized spacial score (nSPS) is 11.0. The fraction of sp³-hybridized carbons (Fsp3) is 0.364. The zero-order valence-electron chi connectivity index (χ0n) is 11.3. The van der Waals surface area contributed by atoms with Crippen LogP contribution in [0.25, 0.3) is 0 Å². The zero-order valence-corrected chi connectivity index (χ0v) is 12.8. The first-order valence-electron chi connectivity index (χ1n) is 5.74. The number of amides is 1. The highest BCUT2D eigenvalue weighted by Gasteiger charge is 2.23. The van der Waals surface area contributed by atoms with Gasteiger partial charge in [0.05, 0.1) is 22.8 Å². The number of halogens is 1. The molecule has 8 nitrogen and oxygen atoms in total. The summed E-state index contributed by atoms with van der Waals surface area (Å²) in [6.45, 7) is 1.36. The molecule has 0 heterocycles. The molecule has 116 valence electrons. The minimum absolute atomic E-state index is 0.0161. The SMILES string of the molecule is CNC(=O)CCOc1cc(C)c(S(=O)(=O)Cl)cc1[N+](=O)[O-]. The maximum atomic E-state index is 11.3. The number of aryl methyl sites for hydroxylation is 1. The van der Waals surface area contributed by atoms with Crippen molar-refractivity contribution < 1.29 is 22.9 Å². The van der Waals surface area contributed by atoms with Crippen LogP contribution in [0.2, 0.25) is 0 Å². The van der Waals surface area contributed by atoms with E-state index in [1.165, 1.54) is 20.0 Å². The summed E-state index contributed by atoms with van der Waals surface area (Å²) >= 11 is 0. The van der Waals surface area contributed by atoms with E-state index in [2.05, 4.69) is 5.32 Å². The Balaban J connectivity index is 3.12.